The Morgan fingerprint density at radius 2 is 2.18 bits per heavy atom. The first-order valence-corrected chi connectivity index (χ1v) is 7.92. The van der Waals surface area contributed by atoms with Crippen LogP contribution in [0, 0.1) is 5.41 Å². The summed E-state index contributed by atoms with van der Waals surface area (Å²) in [5, 5.41) is 15.8. The molecule has 22 heavy (non-hydrogen) atoms. The van der Waals surface area contributed by atoms with Gasteiger partial charge in [-0.1, -0.05) is 25.5 Å². The van der Waals surface area contributed by atoms with Gasteiger partial charge in [-0.2, -0.15) is 0 Å². The molecule has 1 fully saturated rings. The third-order valence-electron chi connectivity index (χ3n) is 4.72. The zero-order chi connectivity index (χ0) is 16.0. The van der Waals surface area contributed by atoms with Crippen LogP contribution in [0.15, 0.2) is 24.3 Å². The zero-order valence-corrected chi connectivity index (χ0v) is 13.4. The minimum absolute atomic E-state index is 0.179. The highest BCUT2D eigenvalue weighted by molar-refractivity contribution is 5.73. The number of rotatable bonds is 7. The number of carbonyl (C=O) groups is 1. The van der Waals surface area contributed by atoms with Crippen molar-refractivity contribution >= 4 is 6.03 Å². The number of nitrogens with one attached hydrogen (secondary N) is 2. The van der Waals surface area contributed by atoms with Crippen molar-refractivity contribution in [2.24, 2.45) is 5.41 Å². The smallest absolute Gasteiger partial charge is 0.314 e. The van der Waals surface area contributed by atoms with Gasteiger partial charge in [-0.05, 0) is 42.4 Å². The number of carbonyl (C=O) groups excluding carboxylic acids is 1. The van der Waals surface area contributed by atoms with Crippen molar-refractivity contribution in [2.45, 2.75) is 38.7 Å². The molecule has 0 aromatic heterocycles. The molecule has 1 aliphatic carbocycles. The van der Waals surface area contributed by atoms with E-state index in [9.17, 15) is 9.90 Å². The van der Waals surface area contributed by atoms with E-state index in [1.165, 1.54) is 19.3 Å². The number of amides is 2. The van der Waals surface area contributed by atoms with Crippen LogP contribution >= 0.6 is 0 Å². The SMILES string of the molecule is CCC1(CNC(=O)NCC(O)c2cccc(OC)c2)CCC1. The molecule has 1 unspecified atom stereocenters. The van der Waals surface area contributed by atoms with E-state index >= 15 is 0 Å². The van der Waals surface area contributed by atoms with Crippen molar-refractivity contribution in [1.29, 1.82) is 0 Å². The van der Waals surface area contributed by atoms with Crippen LogP contribution in [0.4, 0.5) is 4.79 Å². The van der Waals surface area contributed by atoms with Crippen LogP contribution in [0.1, 0.15) is 44.3 Å². The fraction of sp³-hybridized carbons (Fsp3) is 0.588. The molecular weight excluding hydrogens is 280 g/mol. The van der Waals surface area contributed by atoms with Crippen LogP contribution in [0.25, 0.3) is 0 Å². The van der Waals surface area contributed by atoms with E-state index < -0.39 is 6.10 Å². The maximum Gasteiger partial charge on any atom is 0.314 e. The third-order valence-corrected chi connectivity index (χ3v) is 4.72. The predicted molar refractivity (Wildman–Crippen MR) is 85.9 cm³/mol. The lowest BCUT2D eigenvalue weighted by Gasteiger charge is -2.41. The van der Waals surface area contributed by atoms with Crippen LogP contribution in [0.3, 0.4) is 0 Å². The Bertz CT molecular complexity index is 495. The lowest BCUT2D eigenvalue weighted by Crippen LogP contribution is -2.46. The minimum atomic E-state index is -0.746. The highest BCUT2D eigenvalue weighted by Gasteiger charge is 2.35. The zero-order valence-electron chi connectivity index (χ0n) is 13.4. The van der Waals surface area contributed by atoms with E-state index in [0.29, 0.717) is 17.7 Å². The first-order valence-electron chi connectivity index (χ1n) is 7.92. The van der Waals surface area contributed by atoms with Crippen molar-refractivity contribution in [2.75, 3.05) is 20.2 Å². The van der Waals surface area contributed by atoms with Gasteiger partial charge in [-0.3, -0.25) is 0 Å². The van der Waals surface area contributed by atoms with Crippen LogP contribution in [-0.2, 0) is 0 Å². The van der Waals surface area contributed by atoms with Crippen LogP contribution < -0.4 is 15.4 Å². The topological polar surface area (TPSA) is 70.6 Å². The highest BCUT2D eigenvalue weighted by atomic mass is 16.5. The van der Waals surface area contributed by atoms with Crippen LogP contribution in [-0.4, -0.2) is 31.3 Å². The summed E-state index contributed by atoms with van der Waals surface area (Å²) < 4.78 is 5.13. The molecule has 0 saturated heterocycles. The number of hydrogen-bond donors (Lipinski definition) is 3. The van der Waals surface area contributed by atoms with Crippen molar-refractivity contribution in [3.05, 3.63) is 29.8 Å². The normalized spacial score (nSPS) is 17.2. The number of aliphatic hydroxyl groups excluding tert-OH is 1. The largest absolute Gasteiger partial charge is 0.497 e. The Labute approximate surface area is 132 Å². The molecule has 1 aromatic rings. The number of methoxy groups -OCH3 is 1. The van der Waals surface area contributed by atoms with Gasteiger partial charge >= 0.3 is 6.03 Å². The second-order valence-corrected chi connectivity index (χ2v) is 6.06. The second kappa shape index (κ2) is 7.49. The second-order valence-electron chi connectivity index (χ2n) is 6.06. The summed E-state index contributed by atoms with van der Waals surface area (Å²) in [6.07, 6.45) is 3.99. The maximum absolute atomic E-state index is 11.8. The highest BCUT2D eigenvalue weighted by Crippen LogP contribution is 2.42. The van der Waals surface area contributed by atoms with Crippen LogP contribution in [0.5, 0.6) is 5.75 Å². The van der Waals surface area contributed by atoms with Crippen LogP contribution in [0.2, 0.25) is 0 Å². The average molecular weight is 306 g/mol. The Hall–Kier alpha value is -1.75. The van der Waals surface area contributed by atoms with E-state index in [2.05, 4.69) is 17.6 Å². The van der Waals surface area contributed by atoms with E-state index in [1.807, 2.05) is 18.2 Å². The molecular formula is C17H26N2O3. The van der Waals surface area contributed by atoms with Crippen molar-refractivity contribution < 1.29 is 14.6 Å². The summed E-state index contributed by atoms with van der Waals surface area (Å²) >= 11 is 0. The lowest BCUT2D eigenvalue weighted by atomic mass is 9.67. The number of aliphatic hydroxyl groups is 1. The molecule has 1 saturated carbocycles. The Balaban J connectivity index is 1.75. The molecule has 0 aliphatic heterocycles. The molecule has 0 bridgehead atoms. The summed E-state index contributed by atoms with van der Waals surface area (Å²) in [6.45, 7) is 3.06. The van der Waals surface area contributed by atoms with Gasteiger partial charge in [-0.15, -0.1) is 0 Å². The monoisotopic (exact) mass is 306 g/mol. The fourth-order valence-electron chi connectivity index (χ4n) is 2.82. The molecule has 2 amide bonds. The number of hydrogen-bond acceptors (Lipinski definition) is 3. The average Bonchev–Trinajstić information content (AvgIpc) is 2.52. The first kappa shape index (κ1) is 16.6. The summed E-state index contributed by atoms with van der Waals surface area (Å²) in [7, 11) is 1.58. The predicted octanol–water partition coefficient (Wildman–Crippen LogP) is 2.61. The van der Waals surface area contributed by atoms with Crippen molar-refractivity contribution in [3.8, 4) is 5.75 Å². The van der Waals surface area contributed by atoms with Gasteiger partial charge in [0.15, 0.2) is 0 Å². The molecule has 5 nitrogen and oxygen atoms in total. The molecule has 5 heteroatoms. The summed E-state index contributed by atoms with van der Waals surface area (Å²) in [6, 6.07) is 7.00. The van der Waals surface area contributed by atoms with Gasteiger partial charge in [0.1, 0.15) is 5.75 Å². The molecule has 1 aliphatic rings. The van der Waals surface area contributed by atoms with Gasteiger partial charge in [0.25, 0.3) is 0 Å². The fourth-order valence-corrected chi connectivity index (χ4v) is 2.82. The van der Waals surface area contributed by atoms with Crippen molar-refractivity contribution in [1.82, 2.24) is 10.6 Å². The molecule has 1 aromatic carbocycles. The molecule has 0 spiro atoms. The Kier molecular flexibility index (Phi) is 5.66. The van der Waals surface area contributed by atoms with Gasteiger partial charge in [0.2, 0.25) is 0 Å². The molecule has 1 atom stereocenters. The van der Waals surface area contributed by atoms with Gasteiger partial charge < -0.3 is 20.5 Å². The summed E-state index contributed by atoms with van der Waals surface area (Å²) in [4.78, 5) is 11.8. The van der Waals surface area contributed by atoms with Gasteiger partial charge in [0, 0.05) is 13.1 Å². The minimum Gasteiger partial charge on any atom is -0.497 e. The molecule has 0 heterocycles. The Morgan fingerprint density at radius 3 is 2.77 bits per heavy atom. The molecule has 3 N–H and O–H groups in total. The van der Waals surface area contributed by atoms with Gasteiger partial charge in [-0.25, -0.2) is 4.79 Å². The lowest BCUT2D eigenvalue weighted by molar-refractivity contribution is 0.125. The Morgan fingerprint density at radius 1 is 1.41 bits per heavy atom. The quantitative estimate of drug-likeness (QED) is 0.725. The summed E-state index contributed by atoms with van der Waals surface area (Å²) in [5.41, 5.74) is 1.02. The molecule has 2 rings (SSSR count). The van der Waals surface area contributed by atoms with Crippen molar-refractivity contribution in [3.63, 3.8) is 0 Å². The summed E-state index contributed by atoms with van der Waals surface area (Å²) in [5.74, 6) is 0.691. The van der Waals surface area contributed by atoms with E-state index in [0.717, 1.165) is 12.0 Å². The third kappa shape index (κ3) is 4.13. The van der Waals surface area contributed by atoms with Gasteiger partial charge in [0.05, 0.1) is 13.2 Å². The number of ether oxygens (including phenoxy) is 1. The standard InChI is InChI=1S/C17H26N2O3/c1-3-17(8-5-9-17)12-19-16(21)18-11-15(20)13-6-4-7-14(10-13)22-2/h4,6-7,10,15,20H,3,5,8-9,11-12H2,1-2H3,(H2,18,19,21). The van der Waals surface area contributed by atoms with E-state index in [1.54, 1.807) is 13.2 Å². The molecule has 122 valence electrons. The number of benzene rings is 1. The maximum atomic E-state index is 11.8. The van der Waals surface area contributed by atoms with E-state index in [-0.39, 0.29) is 12.6 Å². The first-order chi connectivity index (χ1) is 10.6. The number of urea groups is 1. The van der Waals surface area contributed by atoms with E-state index in [4.69, 9.17) is 4.74 Å². The molecule has 0 radical (unpaired) electrons.